The number of hydrogen-bond acceptors (Lipinski definition) is 4. The molecule has 0 amide bonds. The number of hydrogen-bond donors (Lipinski definition) is 0. The first-order valence-electron chi connectivity index (χ1n) is 7.86. The van der Waals surface area contributed by atoms with E-state index in [4.69, 9.17) is 19.3 Å². The Morgan fingerprint density at radius 2 is 1.80 bits per heavy atom. The molecule has 0 atom stereocenters. The normalized spacial score (nSPS) is 10.5. The molecule has 126 valence electrons. The molecule has 1 aliphatic heterocycles. The number of carbonyl (C=O) groups excluding carboxylic acids is 1. The Balaban J connectivity index is 0.000000415. The topological polar surface area (TPSA) is 69.2 Å². The van der Waals surface area contributed by atoms with Crippen molar-refractivity contribution in [3.05, 3.63) is 60.0 Å². The highest BCUT2D eigenvalue weighted by Crippen LogP contribution is 2.28. The summed E-state index contributed by atoms with van der Waals surface area (Å²) in [5.41, 5.74) is 2.61. The van der Waals surface area contributed by atoms with Crippen LogP contribution in [0.15, 0.2) is 59.0 Å². The van der Waals surface area contributed by atoms with Crippen molar-refractivity contribution in [1.29, 1.82) is 0 Å². The van der Waals surface area contributed by atoms with Gasteiger partial charge in [-0.25, -0.2) is 9.56 Å². The van der Waals surface area contributed by atoms with Gasteiger partial charge in [-0.05, 0) is 24.4 Å². The predicted molar refractivity (Wildman–Crippen MR) is 95.9 cm³/mol. The highest BCUT2D eigenvalue weighted by Gasteiger charge is 2.12. The van der Waals surface area contributed by atoms with Gasteiger partial charge in [0.15, 0.2) is 11.3 Å². The summed E-state index contributed by atoms with van der Waals surface area (Å²) in [5.74, 6) is -0.274. The van der Waals surface area contributed by atoms with Gasteiger partial charge in [0, 0.05) is 17.4 Å². The van der Waals surface area contributed by atoms with E-state index in [1.54, 1.807) is 0 Å². The van der Waals surface area contributed by atoms with Crippen LogP contribution >= 0.6 is 0 Å². The maximum Gasteiger partial charge on any atom is 0.203 e. The molecular formula is C20H18N2O3. The lowest BCUT2D eigenvalue weighted by atomic mass is 10.1. The third-order valence-electron chi connectivity index (χ3n) is 3.78. The molecular weight excluding hydrogens is 316 g/mol. The fourth-order valence-electron chi connectivity index (χ4n) is 2.63. The molecule has 2 aromatic carbocycles. The molecule has 5 heteroatoms. The van der Waals surface area contributed by atoms with E-state index < -0.39 is 5.97 Å². The number of rotatable bonds is 0. The number of aromatic nitrogens is 1. The van der Waals surface area contributed by atoms with Gasteiger partial charge in [0.25, 0.3) is 0 Å². The van der Waals surface area contributed by atoms with E-state index in [0.29, 0.717) is 0 Å². The van der Waals surface area contributed by atoms with Gasteiger partial charge < -0.3 is 14.3 Å². The van der Waals surface area contributed by atoms with Crippen molar-refractivity contribution in [2.75, 3.05) is 14.1 Å². The standard InChI is InChI=1S/C18H15N2O.C2H4O2/c1-20(2)13-8-9-15-17(11-13)21-16-10-7-12-5-3-4-6-14(12)18(16)19-15;1-2(3)4/h3-11H,1-2H3;1H3,(H,3,4)/q+1;/p-1. The lowest BCUT2D eigenvalue weighted by Gasteiger charge is -2.07. The van der Waals surface area contributed by atoms with Gasteiger partial charge in [0.2, 0.25) is 5.36 Å². The molecule has 0 saturated heterocycles. The molecule has 0 unspecified atom stereocenters. The Kier molecular flexibility index (Phi) is 4.48. The molecule has 0 N–H and O–H groups in total. The zero-order valence-corrected chi connectivity index (χ0v) is 14.3. The van der Waals surface area contributed by atoms with Gasteiger partial charge in [-0.3, -0.25) is 0 Å². The van der Waals surface area contributed by atoms with Gasteiger partial charge in [-0.1, -0.05) is 30.3 Å². The zero-order valence-electron chi connectivity index (χ0n) is 14.3. The molecule has 0 spiro atoms. The Hall–Kier alpha value is -3.21. The number of aliphatic carboxylic acids is 1. The monoisotopic (exact) mass is 334 g/mol. The summed E-state index contributed by atoms with van der Waals surface area (Å²) in [5, 5.41) is 12.3. The van der Waals surface area contributed by atoms with Crippen LogP contribution in [0.2, 0.25) is 0 Å². The average molecular weight is 334 g/mol. The summed E-state index contributed by atoms with van der Waals surface area (Å²) in [6.45, 7) is 0.972. The van der Waals surface area contributed by atoms with Crippen LogP contribution in [0.1, 0.15) is 6.92 Å². The summed E-state index contributed by atoms with van der Waals surface area (Å²) in [6.07, 6.45) is 0. The number of nitrogens with zero attached hydrogens (tertiary/aromatic N) is 2. The minimum absolute atomic E-state index is 0.809. The number of carboxylic acids is 1. The lowest BCUT2D eigenvalue weighted by Crippen LogP contribution is -2.21. The molecule has 0 saturated carbocycles. The van der Waals surface area contributed by atoms with Crippen LogP contribution in [-0.2, 0) is 4.79 Å². The minimum atomic E-state index is -1.08. The van der Waals surface area contributed by atoms with Gasteiger partial charge >= 0.3 is 0 Å². The Bertz CT molecular complexity index is 1100. The zero-order chi connectivity index (χ0) is 18.0. The summed E-state index contributed by atoms with van der Waals surface area (Å²) in [6, 6.07) is 18.4. The van der Waals surface area contributed by atoms with Crippen molar-refractivity contribution in [3.63, 3.8) is 0 Å². The van der Waals surface area contributed by atoms with E-state index in [1.807, 2.05) is 44.4 Å². The molecule has 5 nitrogen and oxygen atoms in total. The van der Waals surface area contributed by atoms with Crippen LogP contribution in [0.25, 0.3) is 33.3 Å². The van der Waals surface area contributed by atoms with Crippen molar-refractivity contribution in [2.24, 2.45) is 0 Å². The molecule has 1 aliphatic carbocycles. The van der Waals surface area contributed by atoms with E-state index in [0.717, 1.165) is 40.2 Å². The third-order valence-corrected chi connectivity index (χ3v) is 3.78. The second-order valence-corrected chi connectivity index (χ2v) is 5.89. The van der Waals surface area contributed by atoms with Crippen LogP contribution in [-0.4, -0.2) is 25.0 Å². The van der Waals surface area contributed by atoms with Crippen LogP contribution in [0.5, 0.6) is 0 Å². The number of carboxylic acid groups (broad SMARTS) is 1. The minimum Gasteiger partial charge on any atom is -0.550 e. The quantitative estimate of drug-likeness (QED) is 0.280. The third kappa shape index (κ3) is 3.50. The van der Waals surface area contributed by atoms with E-state index in [1.165, 1.54) is 5.39 Å². The summed E-state index contributed by atoms with van der Waals surface area (Å²) < 4.78 is 8.11. The highest BCUT2D eigenvalue weighted by molar-refractivity contribution is 6.03. The fraction of sp³-hybridized carbons (Fsp3) is 0.150. The molecule has 4 rings (SSSR count). The molecule has 0 fully saturated rings. The number of carbonyl (C=O) groups is 1. The van der Waals surface area contributed by atoms with Gasteiger partial charge in [-0.2, -0.15) is 0 Å². The number of fused-ring (bicyclic) bond motifs is 4. The first-order chi connectivity index (χ1) is 12.0. The summed E-state index contributed by atoms with van der Waals surface area (Å²) in [4.78, 5) is 13.7. The maximum absolute atomic E-state index is 8.89. The largest absolute Gasteiger partial charge is 0.550 e. The van der Waals surface area contributed by atoms with Crippen LogP contribution in [0.4, 0.5) is 0 Å². The first-order valence-corrected chi connectivity index (χ1v) is 7.86. The van der Waals surface area contributed by atoms with Gasteiger partial charge in [-0.15, -0.1) is 0 Å². The predicted octanol–water partition coefficient (Wildman–Crippen LogP) is 1.87. The lowest BCUT2D eigenvalue weighted by molar-refractivity contribution is -0.302. The number of benzene rings is 3. The Morgan fingerprint density at radius 3 is 2.52 bits per heavy atom. The van der Waals surface area contributed by atoms with Crippen LogP contribution in [0.3, 0.4) is 0 Å². The van der Waals surface area contributed by atoms with E-state index in [2.05, 4.69) is 28.8 Å². The van der Waals surface area contributed by atoms with Crippen LogP contribution < -0.4 is 15.0 Å². The summed E-state index contributed by atoms with van der Waals surface area (Å²) >= 11 is 0. The molecule has 2 aliphatic rings. The molecule has 2 aromatic rings. The Labute approximate surface area is 144 Å². The molecule has 1 heterocycles. The Morgan fingerprint density at radius 1 is 1.08 bits per heavy atom. The van der Waals surface area contributed by atoms with Gasteiger partial charge in [0.05, 0.1) is 6.07 Å². The average Bonchev–Trinajstić information content (AvgIpc) is 2.59. The van der Waals surface area contributed by atoms with Crippen LogP contribution in [0, 0.1) is 0 Å². The second kappa shape index (κ2) is 6.73. The summed E-state index contributed by atoms with van der Waals surface area (Å²) in [7, 11) is 4.03. The van der Waals surface area contributed by atoms with E-state index >= 15 is 0 Å². The smallest absolute Gasteiger partial charge is 0.203 e. The van der Waals surface area contributed by atoms with E-state index in [-0.39, 0.29) is 0 Å². The molecule has 0 aromatic heterocycles. The maximum atomic E-state index is 8.89. The van der Waals surface area contributed by atoms with Crippen molar-refractivity contribution >= 4 is 27.8 Å². The fourth-order valence-corrected chi connectivity index (χ4v) is 2.63. The van der Waals surface area contributed by atoms with E-state index in [9.17, 15) is 0 Å². The highest BCUT2D eigenvalue weighted by atomic mass is 16.4. The molecule has 0 radical (unpaired) electrons. The van der Waals surface area contributed by atoms with Crippen molar-refractivity contribution in [2.45, 2.75) is 6.92 Å². The second-order valence-electron chi connectivity index (χ2n) is 5.89. The van der Waals surface area contributed by atoms with Crippen molar-refractivity contribution < 1.29 is 14.3 Å². The van der Waals surface area contributed by atoms with Crippen molar-refractivity contribution in [3.8, 4) is 11.5 Å². The first kappa shape index (κ1) is 16.6. The van der Waals surface area contributed by atoms with Gasteiger partial charge in [0.1, 0.15) is 25.3 Å². The van der Waals surface area contributed by atoms with Crippen molar-refractivity contribution in [1.82, 2.24) is 9.56 Å². The molecule has 25 heavy (non-hydrogen) atoms. The molecule has 0 bridgehead atoms. The SMILES string of the molecule is CC(=O)[O-].C[N+](C)=c1ccc2nc3c(ccc4ccccc43)oc-2c1.